The van der Waals surface area contributed by atoms with Gasteiger partial charge in [-0.25, -0.2) is 4.57 Å². The number of phosphoric ester groups is 1. The molecule has 0 radical (unpaired) electrons. The van der Waals surface area contributed by atoms with Crippen molar-refractivity contribution >= 4 is 7.82 Å². The Morgan fingerprint density at radius 3 is 2.18 bits per heavy atom. The monoisotopic (exact) mass is 186 g/mol. The lowest BCUT2D eigenvalue weighted by atomic mass is 10.4. The second kappa shape index (κ2) is 8.13. The average Bonchev–Trinajstić information content (AvgIpc) is 1.90. The summed E-state index contributed by atoms with van der Waals surface area (Å²) in [5, 5.41) is 0. The van der Waals surface area contributed by atoms with Crippen LogP contribution in [0.1, 0.15) is 19.8 Å². The molecule has 0 aromatic carbocycles. The van der Waals surface area contributed by atoms with E-state index in [0.717, 1.165) is 6.42 Å². The molecule has 0 saturated carbocycles. The number of hydrazine groups is 1. The molecule has 11 heavy (non-hydrogen) atoms. The molecule has 6 N–H and O–H groups in total. The third kappa shape index (κ3) is 17.8. The molecule has 0 fully saturated rings. The van der Waals surface area contributed by atoms with Crippen molar-refractivity contribution in [3.05, 3.63) is 0 Å². The van der Waals surface area contributed by atoms with Gasteiger partial charge in [0.1, 0.15) is 0 Å². The van der Waals surface area contributed by atoms with Crippen LogP contribution >= 0.6 is 7.82 Å². The smallest absolute Gasteiger partial charge is 0.303 e. The largest absolute Gasteiger partial charge is 0.469 e. The molecule has 6 nitrogen and oxygen atoms in total. The number of hydrogen-bond acceptors (Lipinski definition) is 4. The second-order valence-corrected chi connectivity index (χ2v) is 2.92. The fraction of sp³-hybridized carbons (Fsp3) is 1.00. The zero-order valence-electron chi connectivity index (χ0n) is 6.43. The summed E-state index contributed by atoms with van der Waals surface area (Å²) < 4.78 is 14.1. The topological polar surface area (TPSA) is 119 Å². The molecule has 0 aromatic rings. The Bertz CT molecular complexity index is 115. The summed E-state index contributed by atoms with van der Waals surface area (Å²) in [4.78, 5) is 16.3. The maximum absolute atomic E-state index is 9.98. The number of unbranched alkanes of at least 4 members (excludes halogenated alkanes) is 1. The molecule has 0 amide bonds. The van der Waals surface area contributed by atoms with Gasteiger partial charge in [0.15, 0.2) is 0 Å². The van der Waals surface area contributed by atoms with Crippen molar-refractivity contribution in [3.63, 3.8) is 0 Å². The standard InChI is InChI=1S/C4H11O4P.H4N2/c1-2-3-4-8-9(5,6)7;1-2/h2-4H2,1H3,(H2,5,6,7);1-2H2. The highest BCUT2D eigenvalue weighted by Gasteiger charge is 2.11. The van der Waals surface area contributed by atoms with Crippen LogP contribution in [0.2, 0.25) is 0 Å². The summed E-state index contributed by atoms with van der Waals surface area (Å²) in [7, 11) is -4.20. The zero-order valence-corrected chi connectivity index (χ0v) is 7.33. The molecule has 0 aliphatic rings. The SMILES string of the molecule is CCCCOP(=O)(O)O.NN. The molecule has 0 aliphatic heterocycles. The maximum Gasteiger partial charge on any atom is 0.469 e. The number of rotatable bonds is 4. The van der Waals surface area contributed by atoms with Crippen molar-refractivity contribution in [3.8, 4) is 0 Å². The maximum atomic E-state index is 9.98. The highest BCUT2D eigenvalue weighted by Crippen LogP contribution is 2.35. The first-order chi connectivity index (χ1) is 5.06. The fourth-order valence-corrected chi connectivity index (χ4v) is 0.695. The lowest BCUT2D eigenvalue weighted by Crippen LogP contribution is -2.02. The Morgan fingerprint density at radius 1 is 1.45 bits per heavy atom. The molecule has 0 aliphatic carbocycles. The van der Waals surface area contributed by atoms with Gasteiger partial charge in [-0.2, -0.15) is 0 Å². The van der Waals surface area contributed by atoms with Gasteiger partial charge in [-0.05, 0) is 6.42 Å². The summed E-state index contributed by atoms with van der Waals surface area (Å²) in [6, 6.07) is 0. The first-order valence-corrected chi connectivity index (χ1v) is 4.62. The van der Waals surface area contributed by atoms with E-state index < -0.39 is 7.82 Å². The van der Waals surface area contributed by atoms with E-state index in [2.05, 4.69) is 16.2 Å². The van der Waals surface area contributed by atoms with Crippen molar-refractivity contribution in [1.82, 2.24) is 0 Å². The van der Waals surface area contributed by atoms with Gasteiger partial charge in [0.2, 0.25) is 0 Å². The van der Waals surface area contributed by atoms with Crippen LogP contribution in [0.15, 0.2) is 0 Å². The molecular formula is C4H15N2O4P. The highest BCUT2D eigenvalue weighted by molar-refractivity contribution is 7.46. The number of hydrogen-bond donors (Lipinski definition) is 4. The Balaban J connectivity index is 0. The molecule has 70 valence electrons. The Labute approximate surface area is 65.7 Å². The lowest BCUT2D eigenvalue weighted by molar-refractivity contribution is 0.194. The Kier molecular flexibility index (Phi) is 10.1. The van der Waals surface area contributed by atoms with E-state index >= 15 is 0 Å². The summed E-state index contributed by atoms with van der Waals surface area (Å²) >= 11 is 0. The predicted octanol–water partition coefficient (Wildman–Crippen LogP) is -0.285. The van der Waals surface area contributed by atoms with E-state index in [1.807, 2.05) is 6.92 Å². The van der Waals surface area contributed by atoms with Gasteiger partial charge >= 0.3 is 7.82 Å². The highest BCUT2D eigenvalue weighted by atomic mass is 31.2. The normalized spacial score (nSPS) is 10.3. The molecule has 0 atom stereocenters. The summed E-state index contributed by atoms with van der Waals surface area (Å²) in [5.41, 5.74) is 0. The molecule has 7 heteroatoms. The molecule has 0 aromatic heterocycles. The van der Waals surface area contributed by atoms with E-state index in [1.54, 1.807) is 0 Å². The minimum absolute atomic E-state index is 0.140. The molecule has 0 saturated heterocycles. The van der Waals surface area contributed by atoms with Crippen LogP contribution in [0, 0.1) is 0 Å². The summed E-state index contributed by atoms with van der Waals surface area (Å²) in [5.74, 6) is 8.00. The van der Waals surface area contributed by atoms with E-state index in [0.29, 0.717) is 6.42 Å². The quantitative estimate of drug-likeness (QED) is 0.207. The van der Waals surface area contributed by atoms with Crippen molar-refractivity contribution in [2.24, 2.45) is 11.7 Å². The van der Waals surface area contributed by atoms with Crippen molar-refractivity contribution in [1.29, 1.82) is 0 Å². The van der Waals surface area contributed by atoms with E-state index in [9.17, 15) is 4.57 Å². The van der Waals surface area contributed by atoms with Gasteiger partial charge in [0.25, 0.3) is 0 Å². The molecule has 0 unspecified atom stereocenters. The number of phosphoric acid groups is 1. The van der Waals surface area contributed by atoms with Crippen LogP contribution in [0.4, 0.5) is 0 Å². The Morgan fingerprint density at radius 2 is 1.91 bits per heavy atom. The van der Waals surface area contributed by atoms with Gasteiger partial charge in [-0.15, -0.1) is 0 Å². The first kappa shape index (κ1) is 13.6. The van der Waals surface area contributed by atoms with Crippen LogP contribution in [0.25, 0.3) is 0 Å². The minimum Gasteiger partial charge on any atom is -0.303 e. The lowest BCUT2D eigenvalue weighted by Gasteiger charge is -2.02. The number of nitrogens with two attached hydrogens (primary N) is 2. The molecule has 0 heterocycles. The van der Waals surface area contributed by atoms with Crippen LogP contribution in [0.5, 0.6) is 0 Å². The summed E-state index contributed by atoms with van der Waals surface area (Å²) in [6.45, 7) is 2.06. The first-order valence-electron chi connectivity index (χ1n) is 3.09. The molecule has 0 bridgehead atoms. The van der Waals surface area contributed by atoms with Crippen LogP contribution < -0.4 is 11.7 Å². The molecule has 0 rings (SSSR count). The van der Waals surface area contributed by atoms with E-state index in [4.69, 9.17) is 9.79 Å². The predicted molar refractivity (Wildman–Crippen MR) is 41.3 cm³/mol. The van der Waals surface area contributed by atoms with Crippen LogP contribution in [0.3, 0.4) is 0 Å². The summed E-state index contributed by atoms with van der Waals surface area (Å²) in [6.07, 6.45) is 1.56. The van der Waals surface area contributed by atoms with Gasteiger partial charge in [-0.3, -0.25) is 16.2 Å². The van der Waals surface area contributed by atoms with E-state index in [-0.39, 0.29) is 6.61 Å². The van der Waals surface area contributed by atoms with Crippen molar-refractivity contribution in [2.45, 2.75) is 19.8 Å². The van der Waals surface area contributed by atoms with Gasteiger partial charge in [0.05, 0.1) is 6.61 Å². The fourth-order valence-electron chi connectivity index (χ4n) is 0.328. The minimum atomic E-state index is -4.20. The van der Waals surface area contributed by atoms with Gasteiger partial charge in [-0.1, -0.05) is 13.3 Å². The molecule has 0 spiro atoms. The third-order valence-corrected chi connectivity index (χ3v) is 1.28. The Hall–Kier alpha value is 0.0300. The van der Waals surface area contributed by atoms with Crippen LogP contribution in [-0.4, -0.2) is 16.4 Å². The van der Waals surface area contributed by atoms with Crippen molar-refractivity contribution in [2.75, 3.05) is 6.61 Å². The average molecular weight is 186 g/mol. The van der Waals surface area contributed by atoms with Gasteiger partial charge < -0.3 is 9.79 Å². The van der Waals surface area contributed by atoms with Crippen LogP contribution in [-0.2, 0) is 9.09 Å². The second-order valence-electron chi connectivity index (χ2n) is 1.68. The zero-order chi connectivity index (χ0) is 9.33. The third-order valence-electron chi connectivity index (χ3n) is 0.757. The van der Waals surface area contributed by atoms with E-state index in [1.165, 1.54) is 0 Å². The van der Waals surface area contributed by atoms with Gasteiger partial charge in [0, 0.05) is 0 Å². The van der Waals surface area contributed by atoms with Crippen molar-refractivity contribution < 1.29 is 18.9 Å². The molecular weight excluding hydrogens is 171 g/mol.